The van der Waals surface area contributed by atoms with Gasteiger partial charge in [-0.2, -0.15) is 0 Å². The fraction of sp³-hybridized carbons (Fsp3) is 0.500. The van der Waals surface area contributed by atoms with Crippen LogP contribution in [0.25, 0.3) is 0 Å². The molecule has 5 nitrogen and oxygen atoms in total. The van der Waals surface area contributed by atoms with Crippen molar-refractivity contribution in [2.75, 3.05) is 14.1 Å². The van der Waals surface area contributed by atoms with E-state index in [2.05, 4.69) is 0 Å². The summed E-state index contributed by atoms with van der Waals surface area (Å²) in [6, 6.07) is 8.85. The molecule has 2 rings (SSSR count). The molecule has 124 valence electrons. The van der Waals surface area contributed by atoms with Crippen molar-refractivity contribution in [1.82, 2.24) is 9.80 Å². The van der Waals surface area contributed by atoms with E-state index in [1.165, 1.54) is 11.9 Å². The predicted molar refractivity (Wildman–Crippen MR) is 87.4 cm³/mol. The number of imide groups is 1. The first-order valence-corrected chi connectivity index (χ1v) is 7.95. The fourth-order valence-corrected chi connectivity index (χ4v) is 2.97. The van der Waals surface area contributed by atoms with Gasteiger partial charge in [0, 0.05) is 14.1 Å². The Hall–Kier alpha value is -2.17. The number of rotatable bonds is 4. The van der Waals surface area contributed by atoms with Crippen LogP contribution < -0.4 is 0 Å². The first kappa shape index (κ1) is 17.2. The Labute approximate surface area is 137 Å². The molecule has 0 radical (unpaired) electrons. The highest BCUT2D eigenvalue weighted by molar-refractivity contribution is 6.11. The molecule has 1 aliphatic heterocycles. The second kappa shape index (κ2) is 6.94. The van der Waals surface area contributed by atoms with E-state index in [9.17, 15) is 14.4 Å². The van der Waals surface area contributed by atoms with E-state index in [1.54, 1.807) is 7.05 Å². The fourth-order valence-electron chi connectivity index (χ4n) is 2.97. The lowest BCUT2D eigenvalue weighted by Gasteiger charge is -2.27. The Morgan fingerprint density at radius 3 is 2.13 bits per heavy atom. The van der Waals surface area contributed by atoms with Gasteiger partial charge in [-0.25, -0.2) is 0 Å². The normalized spacial score (nSPS) is 22.7. The van der Waals surface area contributed by atoms with Crippen molar-refractivity contribution in [2.24, 2.45) is 11.8 Å². The summed E-state index contributed by atoms with van der Waals surface area (Å²) in [7, 11) is 3.10. The maximum Gasteiger partial charge on any atom is 0.251 e. The van der Waals surface area contributed by atoms with Crippen molar-refractivity contribution in [3.63, 3.8) is 0 Å². The first-order valence-electron chi connectivity index (χ1n) is 7.95. The number of hydrogen-bond acceptors (Lipinski definition) is 3. The smallest absolute Gasteiger partial charge is 0.251 e. The maximum absolute atomic E-state index is 12.8. The van der Waals surface area contributed by atoms with Crippen LogP contribution in [0, 0.1) is 11.8 Å². The maximum atomic E-state index is 12.8. The Balaban J connectivity index is 2.32. The van der Waals surface area contributed by atoms with Gasteiger partial charge >= 0.3 is 0 Å². The molecule has 0 aliphatic carbocycles. The lowest BCUT2D eigenvalue weighted by atomic mass is 9.96. The molecule has 1 aromatic carbocycles. The largest absolute Gasteiger partial charge is 0.333 e. The van der Waals surface area contributed by atoms with Gasteiger partial charge in [0.2, 0.25) is 11.8 Å². The zero-order valence-corrected chi connectivity index (χ0v) is 14.2. The summed E-state index contributed by atoms with van der Waals surface area (Å²) in [6.45, 7) is 4.00. The molecule has 23 heavy (non-hydrogen) atoms. The topological polar surface area (TPSA) is 57.7 Å². The number of carbonyl (C=O) groups is 3. The zero-order valence-electron chi connectivity index (χ0n) is 14.2. The summed E-state index contributed by atoms with van der Waals surface area (Å²) in [4.78, 5) is 40.5. The van der Waals surface area contributed by atoms with E-state index in [0.717, 1.165) is 10.5 Å². The summed E-state index contributed by atoms with van der Waals surface area (Å²) in [5, 5.41) is 0. The van der Waals surface area contributed by atoms with E-state index in [0.29, 0.717) is 12.8 Å². The lowest BCUT2D eigenvalue weighted by Crippen LogP contribution is -2.45. The Kier molecular flexibility index (Phi) is 5.19. The van der Waals surface area contributed by atoms with Crippen LogP contribution in [0.3, 0.4) is 0 Å². The molecular formula is C18H24N2O3. The molecule has 1 heterocycles. The van der Waals surface area contributed by atoms with Crippen molar-refractivity contribution in [3.05, 3.63) is 35.9 Å². The van der Waals surface area contributed by atoms with Gasteiger partial charge in [0.15, 0.2) is 0 Å². The monoisotopic (exact) mass is 316 g/mol. The molecule has 0 aromatic heterocycles. The molecule has 1 saturated heterocycles. The van der Waals surface area contributed by atoms with E-state index in [4.69, 9.17) is 0 Å². The Bertz CT molecular complexity index is 598. The predicted octanol–water partition coefficient (Wildman–Crippen LogP) is 1.72. The molecule has 2 atom stereocenters. The second-order valence-electron chi connectivity index (χ2n) is 6.57. The number of hydrogen-bond donors (Lipinski definition) is 0. The van der Waals surface area contributed by atoms with Crippen molar-refractivity contribution < 1.29 is 14.4 Å². The van der Waals surface area contributed by atoms with Gasteiger partial charge in [0.1, 0.15) is 12.0 Å². The van der Waals surface area contributed by atoms with Gasteiger partial charge in [-0.3, -0.25) is 19.3 Å². The average molecular weight is 316 g/mol. The van der Waals surface area contributed by atoms with E-state index >= 15 is 0 Å². The SMILES string of the molecule is CC(C)CC1C(=O)N(C)C(=O)C(Cc2ccccc2)C(=O)N1C. The minimum Gasteiger partial charge on any atom is -0.333 e. The van der Waals surface area contributed by atoms with Crippen molar-refractivity contribution >= 4 is 17.7 Å². The molecule has 0 bridgehead atoms. The van der Waals surface area contributed by atoms with Crippen molar-refractivity contribution in [3.8, 4) is 0 Å². The summed E-state index contributed by atoms with van der Waals surface area (Å²) in [5.41, 5.74) is 0.913. The molecule has 3 amide bonds. The Morgan fingerprint density at radius 1 is 0.957 bits per heavy atom. The molecule has 0 saturated carbocycles. The van der Waals surface area contributed by atoms with E-state index in [-0.39, 0.29) is 17.7 Å². The molecular weight excluding hydrogens is 292 g/mol. The third-order valence-corrected chi connectivity index (χ3v) is 4.33. The second-order valence-corrected chi connectivity index (χ2v) is 6.57. The lowest BCUT2D eigenvalue weighted by molar-refractivity contribution is -0.145. The quantitative estimate of drug-likeness (QED) is 0.628. The summed E-state index contributed by atoms with van der Waals surface area (Å²) >= 11 is 0. The van der Waals surface area contributed by atoms with Crippen LogP contribution in [-0.2, 0) is 20.8 Å². The number of amides is 3. The minimum absolute atomic E-state index is 0.258. The van der Waals surface area contributed by atoms with Crippen LogP contribution in [0.4, 0.5) is 0 Å². The molecule has 1 aliphatic rings. The third-order valence-electron chi connectivity index (χ3n) is 4.33. The molecule has 0 spiro atoms. The average Bonchev–Trinajstić information content (AvgIpc) is 2.58. The highest BCUT2D eigenvalue weighted by atomic mass is 16.2. The van der Waals surface area contributed by atoms with E-state index < -0.39 is 17.9 Å². The van der Waals surface area contributed by atoms with Gasteiger partial charge in [-0.15, -0.1) is 0 Å². The summed E-state index contributed by atoms with van der Waals surface area (Å²) in [6.07, 6.45) is 0.867. The number of benzene rings is 1. The highest BCUT2D eigenvalue weighted by Gasteiger charge is 2.43. The first-order chi connectivity index (χ1) is 10.8. The van der Waals surface area contributed by atoms with Gasteiger partial charge in [-0.05, 0) is 24.3 Å². The van der Waals surface area contributed by atoms with Gasteiger partial charge in [0.05, 0.1) is 0 Å². The minimum atomic E-state index is -0.839. The molecule has 1 fully saturated rings. The van der Waals surface area contributed by atoms with Crippen LogP contribution in [0.5, 0.6) is 0 Å². The highest BCUT2D eigenvalue weighted by Crippen LogP contribution is 2.23. The number of nitrogens with zero attached hydrogens (tertiary/aromatic N) is 2. The van der Waals surface area contributed by atoms with Gasteiger partial charge in [-0.1, -0.05) is 44.2 Å². The number of carbonyl (C=O) groups excluding carboxylic acids is 3. The van der Waals surface area contributed by atoms with Crippen LogP contribution in [0.1, 0.15) is 25.8 Å². The van der Waals surface area contributed by atoms with Crippen molar-refractivity contribution in [2.45, 2.75) is 32.7 Å². The van der Waals surface area contributed by atoms with Crippen LogP contribution in [-0.4, -0.2) is 47.7 Å². The Morgan fingerprint density at radius 2 is 1.57 bits per heavy atom. The molecule has 5 heteroatoms. The zero-order chi connectivity index (χ0) is 17.1. The summed E-state index contributed by atoms with van der Waals surface area (Å²) < 4.78 is 0. The van der Waals surface area contributed by atoms with Crippen LogP contribution in [0.15, 0.2) is 30.3 Å². The standard InChI is InChI=1S/C18H24N2O3/c1-12(2)10-15-18(23)20(4)17(22)14(16(21)19(15)3)11-13-8-6-5-7-9-13/h5-9,12,14-15H,10-11H2,1-4H3. The summed E-state index contributed by atoms with van der Waals surface area (Å²) in [5.74, 6) is -1.57. The van der Waals surface area contributed by atoms with Gasteiger partial charge < -0.3 is 4.90 Å². The molecule has 2 unspecified atom stereocenters. The van der Waals surface area contributed by atoms with E-state index in [1.807, 2.05) is 44.2 Å². The van der Waals surface area contributed by atoms with Crippen LogP contribution >= 0.6 is 0 Å². The van der Waals surface area contributed by atoms with Crippen molar-refractivity contribution in [1.29, 1.82) is 0 Å². The number of likely N-dealkylation sites (N-methyl/N-ethyl adjacent to an activating group) is 2. The van der Waals surface area contributed by atoms with Crippen LogP contribution in [0.2, 0.25) is 0 Å². The van der Waals surface area contributed by atoms with Gasteiger partial charge in [0.25, 0.3) is 5.91 Å². The molecule has 1 aromatic rings. The molecule has 0 N–H and O–H groups in total. The third kappa shape index (κ3) is 3.60.